The van der Waals surface area contributed by atoms with Gasteiger partial charge in [0.05, 0.1) is 26.9 Å². The number of rotatable bonds is 6. The van der Waals surface area contributed by atoms with Crippen molar-refractivity contribution in [3.05, 3.63) is 23.8 Å². The fourth-order valence-electron chi connectivity index (χ4n) is 3.94. The predicted molar refractivity (Wildman–Crippen MR) is 98.7 cm³/mol. The van der Waals surface area contributed by atoms with Gasteiger partial charge >= 0.3 is 0 Å². The Morgan fingerprint density at radius 2 is 1.88 bits per heavy atom. The first-order valence-electron chi connectivity index (χ1n) is 9.05. The van der Waals surface area contributed by atoms with Gasteiger partial charge in [0.2, 0.25) is 10.0 Å². The van der Waals surface area contributed by atoms with Crippen LogP contribution < -0.4 is 14.2 Å². The van der Waals surface area contributed by atoms with E-state index < -0.39 is 21.3 Å². The molecular weight excluding hydrogens is 356 g/mol. The Hall–Kier alpha value is -1.35. The molecule has 8 heteroatoms. The Morgan fingerprint density at radius 1 is 1.15 bits per heavy atom. The fourth-order valence-corrected chi connectivity index (χ4v) is 5.71. The molecule has 0 amide bonds. The van der Waals surface area contributed by atoms with E-state index in [2.05, 4.69) is 4.72 Å². The van der Waals surface area contributed by atoms with Gasteiger partial charge in [0.15, 0.2) is 11.5 Å². The van der Waals surface area contributed by atoms with E-state index in [0.717, 1.165) is 31.2 Å². The molecule has 2 atom stereocenters. The third-order valence-corrected chi connectivity index (χ3v) is 7.13. The number of nitrogens with zero attached hydrogens (tertiary/aromatic N) is 1. The molecule has 2 aliphatic rings. The van der Waals surface area contributed by atoms with Crippen LogP contribution in [0.3, 0.4) is 0 Å². The van der Waals surface area contributed by atoms with Crippen molar-refractivity contribution < 1.29 is 22.7 Å². The summed E-state index contributed by atoms with van der Waals surface area (Å²) < 4.78 is 40.0. The lowest BCUT2D eigenvalue weighted by atomic mass is 9.96. The average molecular weight is 384 g/mol. The van der Waals surface area contributed by atoms with E-state index in [1.807, 2.05) is 12.1 Å². The molecule has 26 heavy (non-hydrogen) atoms. The molecule has 1 heterocycles. The molecule has 0 unspecified atom stereocenters. The van der Waals surface area contributed by atoms with Crippen LogP contribution in [0.1, 0.15) is 43.7 Å². The minimum absolute atomic E-state index is 0.0208. The molecule has 0 bridgehead atoms. The fraction of sp³-hybridized carbons (Fsp3) is 0.667. The van der Waals surface area contributed by atoms with Gasteiger partial charge in [0.25, 0.3) is 0 Å². The number of sulfonamides is 1. The molecule has 1 saturated heterocycles. The molecule has 3 rings (SSSR count). The van der Waals surface area contributed by atoms with Gasteiger partial charge < -0.3 is 9.47 Å². The molecule has 2 fully saturated rings. The van der Waals surface area contributed by atoms with Crippen molar-refractivity contribution in [3.8, 4) is 11.5 Å². The van der Waals surface area contributed by atoms with E-state index in [1.54, 1.807) is 32.4 Å². The molecule has 0 radical (unpaired) electrons. The molecule has 7 nitrogen and oxygen atoms in total. The van der Waals surface area contributed by atoms with E-state index in [9.17, 15) is 8.42 Å². The third-order valence-electron chi connectivity index (χ3n) is 5.27. The van der Waals surface area contributed by atoms with Gasteiger partial charge in [-0.05, 0) is 18.9 Å². The minimum atomic E-state index is -3.55. The lowest BCUT2D eigenvalue weighted by molar-refractivity contribution is -0.110. The zero-order valence-corrected chi connectivity index (χ0v) is 16.4. The second-order valence-corrected chi connectivity index (χ2v) is 8.84. The van der Waals surface area contributed by atoms with E-state index in [0.29, 0.717) is 11.5 Å². The number of para-hydroxylation sites is 1. The molecule has 0 spiro atoms. The molecule has 1 aliphatic carbocycles. The zero-order valence-electron chi connectivity index (χ0n) is 15.6. The van der Waals surface area contributed by atoms with Crippen molar-refractivity contribution in [2.24, 2.45) is 0 Å². The quantitative estimate of drug-likeness (QED) is 0.811. The van der Waals surface area contributed by atoms with Crippen LogP contribution in [0.4, 0.5) is 0 Å². The molecule has 1 N–H and O–H groups in total. The summed E-state index contributed by atoms with van der Waals surface area (Å²) in [7, 11) is 1.32. The first-order chi connectivity index (χ1) is 12.5. The Labute approximate surface area is 155 Å². The van der Waals surface area contributed by atoms with Crippen LogP contribution >= 0.6 is 0 Å². The number of ether oxygens (including phenoxy) is 2. The smallest absolute Gasteiger partial charge is 0.219 e. The predicted octanol–water partition coefficient (Wildman–Crippen LogP) is 2.24. The molecule has 1 saturated carbocycles. The molecule has 1 aromatic rings. The summed E-state index contributed by atoms with van der Waals surface area (Å²) >= 11 is 0. The van der Waals surface area contributed by atoms with E-state index in [-0.39, 0.29) is 12.6 Å². The third kappa shape index (κ3) is 3.83. The van der Waals surface area contributed by atoms with Crippen molar-refractivity contribution in [1.29, 1.82) is 0 Å². The van der Waals surface area contributed by atoms with Crippen molar-refractivity contribution in [2.75, 3.05) is 27.9 Å². The summed E-state index contributed by atoms with van der Waals surface area (Å²) in [6.07, 6.45) is 5.12. The number of hydrogen-bond donors (Lipinski definition) is 1. The highest BCUT2D eigenvalue weighted by molar-refractivity contribution is 7.90. The van der Waals surface area contributed by atoms with E-state index >= 15 is 0 Å². The average Bonchev–Trinajstić information content (AvgIpc) is 3.03. The molecule has 0 aromatic heterocycles. The van der Waals surface area contributed by atoms with Crippen molar-refractivity contribution >= 4 is 10.0 Å². The van der Waals surface area contributed by atoms with Crippen molar-refractivity contribution in [3.63, 3.8) is 0 Å². The lowest BCUT2D eigenvalue weighted by Gasteiger charge is -2.28. The van der Waals surface area contributed by atoms with Crippen LogP contribution in [0, 0.1) is 0 Å². The summed E-state index contributed by atoms with van der Waals surface area (Å²) in [6.45, 7) is 0.115. The Balaban J connectivity index is 1.90. The monoisotopic (exact) mass is 384 g/mol. The van der Waals surface area contributed by atoms with E-state index in [1.165, 1.54) is 6.42 Å². The number of methoxy groups -OCH3 is 2. The summed E-state index contributed by atoms with van der Waals surface area (Å²) in [5.74, 6) is 1.11. The highest BCUT2D eigenvalue weighted by atomic mass is 32.2. The summed E-state index contributed by atoms with van der Waals surface area (Å²) in [6, 6.07) is 5.04. The number of benzene rings is 1. The van der Waals surface area contributed by atoms with Gasteiger partial charge in [0.1, 0.15) is 5.25 Å². The maximum absolute atomic E-state index is 13.1. The normalized spacial score (nSPS) is 25.3. The zero-order chi connectivity index (χ0) is 18.7. The molecular formula is C18H28N2O5S. The number of nitrogens with one attached hydrogen (secondary N) is 1. The van der Waals surface area contributed by atoms with Crippen molar-refractivity contribution in [2.45, 2.75) is 49.4 Å². The Bertz CT molecular complexity index is 718. The minimum Gasteiger partial charge on any atom is -0.493 e. The molecule has 1 aliphatic heterocycles. The van der Waals surface area contributed by atoms with Gasteiger partial charge in [-0.15, -0.1) is 0 Å². The van der Waals surface area contributed by atoms with Crippen LogP contribution in [0.2, 0.25) is 0 Å². The highest BCUT2D eigenvalue weighted by Crippen LogP contribution is 2.42. The molecule has 146 valence electrons. The second-order valence-electron chi connectivity index (χ2n) is 6.91. The summed E-state index contributed by atoms with van der Waals surface area (Å²) in [5, 5.41) is 0.887. The maximum atomic E-state index is 13.1. The standard InChI is InChI=1S/C18H28N2O5S/c1-20-17(14-10-7-11-15(23-2)18(14)24-3)16(12-25-20)26(21,22)19-13-8-5-4-6-9-13/h7,10-11,13,16-17,19H,4-6,8-9,12H2,1-3H3/t16-,17+/m1/s1. The lowest BCUT2D eigenvalue weighted by Crippen LogP contribution is -2.44. The molecule has 1 aromatic carbocycles. The van der Waals surface area contributed by atoms with Crippen molar-refractivity contribution in [1.82, 2.24) is 9.79 Å². The first-order valence-corrected chi connectivity index (χ1v) is 10.6. The Morgan fingerprint density at radius 3 is 2.54 bits per heavy atom. The van der Waals surface area contributed by atoms with Crippen LogP contribution in [0.25, 0.3) is 0 Å². The van der Waals surface area contributed by atoms with Gasteiger partial charge in [-0.1, -0.05) is 31.4 Å². The van der Waals surface area contributed by atoms with Crippen LogP contribution in [0.15, 0.2) is 18.2 Å². The first kappa shape index (κ1) is 19.4. The SMILES string of the molecule is COc1cccc([C@H]2[C@H](S(=O)(=O)NC3CCCCC3)CON2C)c1OC. The number of hydroxylamine groups is 2. The van der Waals surface area contributed by atoms with Gasteiger partial charge in [0, 0.05) is 18.7 Å². The largest absolute Gasteiger partial charge is 0.493 e. The van der Waals surface area contributed by atoms with Crippen LogP contribution in [-0.4, -0.2) is 52.6 Å². The second kappa shape index (κ2) is 8.12. The van der Waals surface area contributed by atoms with E-state index in [4.69, 9.17) is 14.3 Å². The van der Waals surface area contributed by atoms with Crippen LogP contribution in [-0.2, 0) is 14.9 Å². The topological polar surface area (TPSA) is 77.1 Å². The Kier molecular flexibility index (Phi) is 6.06. The van der Waals surface area contributed by atoms with Crippen LogP contribution in [0.5, 0.6) is 11.5 Å². The highest BCUT2D eigenvalue weighted by Gasteiger charge is 2.45. The van der Waals surface area contributed by atoms with Gasteiger partial charge in [-0.3, -0.25) is 4.84 Å². The number of hydrogen-bond acceptors (Lipinski definition) is 6. The van der Waals surface area contributed by atoms with Gasteiger partial charge in [-0.2, -0.15) is 5.06 Å². The summed E-state index contributed by atoms with van der Waals surface area (Å²) in [5.41, 5.74) is 0.742. The maximum Gasteiger partial charge on any atom is 0.219 e. The summed E-state index contributed by atoms with van der Waals surface area (Å²) in [4.78, 5) is 5.60. The van der Waals surface area contributed by atoms with Gasteiger partial charge in [-0.25, -0.2) is 13.1 Å².